The number of carbonyl (C=O) groups excluding carboxylic acids is 2. The van der Waals surface area contributed by atoms with Crippen molar-refractivity contribution < 1.29 is 9.59 Å². The van der Waals surface area contributed by atoms with E-state index >= 15 is 0 Å². The van der Waals surface area contributed by atoms with E-state index in [0.717, 1.165) is 42.6 Å². The first-order chi connectivity index (χ1) is 13.6. The predicted molar refractivity (Wildman–Crippen MR) is 115 cm³/mol. The zero-order valence-electron chi connectivity index (χ0n) is 17.4. The van der Waals surface area contributed by atoms with Crippen LogP contribution < -0.4 is 10.7 Å². The normalized spacial score (nSPS) is 14.0. The molecule has 0 bridgehead atoms. The predicted octanol–water partition coefficient (Wildman–Crippen LogP) is 5.41. The SMILES string of the molecule is CCCCCCCCCCC(=O)N/N=C(/C)c1cccc(NC(=O)C2CC2)c1. The molecular weight excluding hydrogens is 350 g/mol. The first-order valence-electron chi connectivity index (χ1n) is 10.8. The van der Waals surface area contributed by atoms with Crippen molar-refractivity contribution in [2.24, 2.45) is 11.0 Å². The second kappa shape index (κ2) is 12.3. The second-order valence-electron chi connectivity index (χ2n) is 7.80. The van der Waals surface area contributed by atoms with Crippen LogP contribution in [-0.2, 0) is 9.59 Å². The Kier molecular flexibility index (Phi) is 9.73. The molecule has 0 saturated heterocycles. The van der Waals surface area contributed by atoms with Crippen LogP contribution in [0.4, 0.5) is 5.69 Å². The summed E-state index contributed by atoms with van der Waals surface area (Å²) in [6, 6.07) is 7.58. The fourth-order valence-electron chi connectivity index (χ4n) is 3.10. The third kappa shape index (κ3) is 8.68. The van der Waals surface area contributed by atoms with Gasteiger partial charge in [-0.05, 0) is 43.9 Å². The first kappa shape index (κ1) is 22.1. The van der Waals surface area contributed by atoms with Crippen LogP contribution in [0.2, 0.25) is 0 Å². The molecule has 5 nitrogen and oxygen atoms in total. The quantitative estimate of drug-likeness (QED) is 0.271. The average molecular weight is 386 g/mol. The van der Waals surface area contributed by atoms with Gasteiger partial charge < -0.3 is 5.32 Å². The lowest BCUT2D eigenvalue weighted by Crippen LogP contribution is -2.19. The number of nitrogens with one attached hydrogen (secondary N) is 2. The largest absolute Gasteiger partial charge is 0.326 e. The molecule has 28 heavy (non-hydrogen) atoms. The molecule has 1 fully saturated rings. The maximum Gasteiger partial charge on any atom is 0.240 e. The number of unbranched alkanes of at least 4 members (excludes halogenated alkanes) is 7. The maximum atomic E-state index is 12.0. The summed E-state index contributed by atoms with van der Waals surface area (Å²) in [6.45, 7) is 4.09. The highest BCUT2D eigenvalue weighted by molar-refractivity contribution is 6.01. The Balaban J connectivity index is 1.67. The third-order valence-corrected chi connectivity index (χ3v) is 5.10. The van der Waals surface area contributed by atoms with E-state index < -0.39 is 0 Å². The maximum absolute atomic E-state index is 12.0. The molecule has 2 N–H and O–H groups in total. The fourth-order valence-corrected chi connectivity index (χ4v) is 3.10. The molecule has 1 saturated carbocycles. The number of nitrogens with zero attached hydrogens (tertiary/aromatic N) is 1. The molecule has 1 aromatic rings. The molecule has 0 spiro atoms. The van der Waals surface area contributed by atoms with Gasteiger partial charge in [0.15, 0.2) is 0 Å². The standard InChI is InChI=1S/C23H35N3O2/c1-3-4-5-6-7-8-9-10-14-22(27)26-25-18(2)20-12-11-13-21(17-20)24-23(28)19-15-16-19/h11-13,17,19H,3-10,14-16H2,1-2H3,(H,24,28)(H,26,27)/b25-18-. The van der Waals surface area contributed by atoms with Crippen LogP contribution in [0.1, 0.15) is 90.0 Å². The summed E-state index contributed by atoms with van der Waals surface area (Å²) in [5, 5.41) is 7.15. The number of hydrazone groups is 1. The fraction of sp³-hybridized carbons (Fsp3) is 0.609. The van der Waals surface area contributed by atoms with Gasteiger partial charge >= 0.3 is 0 Å². The van der Waals surface area contributed by atoms with Gasteiger partial charge in [0.05, 0.1) is 5.71 Å². The van der Waals surface area contributed by atoms with Crippen molar-refractivity contribution in [2.75, 3.05) is 5.32 Å². The van der Waals surface area contributed by atoms with E-state index in [1.165, 1.54) is 38.5 Å². The molecule has 0 atom stereocenters. The van der Waals surface area contributed by atoms with Gasteiger partial charge in [-0.25, -0.2) is 5.43 Å². The van der Waals surface area contributed by atoms with Gasteiger partial charge in [-0.15, -0.1) is 0 Å². The molecule has 1 aliphatic rings. The zero-order chi connectivity index (χ0) is 20.2. The van der Waals surface area contributed by atoms with E-state index in [9.17, 15) is 9.59 Å². The van der Waals surface area contributed by atoms with Gasteiger partial charge in [0.1, 0.15) is 0 Å². The van der Waals surface area contributed by atoms with Crippen LogP contribution >= 0.6 is 0 Å². The molecule has 5 heteroatoms. The molecule has 0 aliphatic heterocycles. The van der Waals surface area contributed by atoms with Crippen molar-refractivity contribution in [3.05, 3.63) is 29.8 Å². The van der Waals surface area contributed by atoms with E-state index in [4.69, 9.17) is 0 Å². The molecule has 1 aliphatic carbocycles. The summed E-state index contributed by atoms with van der Waals surface area (Å²) in [5.74, 6) is 0.225. The molecule has 0 unspecified atom stereocenters. The molecule has 0 radical (unpaired) electrons. The highest BCUT2D eigenvalue weighted by atomic mass is 16.2. The summed E-state index contributed by atoms with van der Waals surface area (Å²) in [5.41, 5.74) is 5.04. The van der Waals surface area contributed by atoms with Crippen LogP contribution in [-0.4, -0.2) is 17.5 Å². The summed E-state index contributed by atoms with van der Waals surface area (Å²) in [6.07, 6.45) is 12.2. The summed E-state index contributed by atoms with van der Waals surface area (Å²) >= 11 is 0. The molecular formula is C23H35N3O2. The zero-order valence-corrected chi connectivity index (χ0v) is 17.4. The van der Waals surface area contributed by atoms with E-state index in [2.05, 4.69) is 22.8 Å². The third-order valence-electron chi connectivity index (χ3n) is 5.10. The van der Waals surface area contributed by atoms with Crippen molar-refractivity contribution >= 4 is 23.2 Å². The minimum absolute atomic E-state index is 0.0384. The highest BCUT2D eigenvalue weighted by Gasteiger charge is 2.29. The molecule has 2 rings (SSSR count). The Hall–Kier alpha value is -2.17. The van der Waals surface area contributed by atoms with Crippen molar-refractivity contribution in [1.29, 1.82) is 0 Å². The number of carbonyl (C=O) groups is 2. The molecule has 1 aromatic carbocycles. The lowest BCUT2D eigenvalue weighted by Gasteiger charge is -2.07. The van der Waals surface area contributed by atoms with Crippen molar-refractivity contribution in [1.82, 2.24) is 5.43 Å². The first-order valence-corrected chi connectivity index (χ1v) is 10.8. The van der Waals surface area contributed by atoms with Gasteiger partial charge in [0.2, 0.25) is 11.8 Å². The Morgan fingerprint density at radius 2 is 1.71 bits per heavy atom. The topological polar surface area (TPSA) is 70.6 Å². The number of rotatable bonds is 13. The average Bonchev–Trinajstić information content (AvgIpc) is 3.54. The van der Waals surface area contributed by atoms with Crippen LogP contribution in [0.5, 0.6) is 0 Å². The Labute approximate surface area is 169 Å². The van der Waals surface area contributed by atoms with Gasteiger partial charge in [-0.1, -0.05) is 64.0 Å². The van der Waals surface area contributed by atoms with Crippen molar-refractivity contribution in [3.8, 4) is 0 Å². The summed E-state index contributed by atoms with van der Waals surface area (Å²) in [7, 11) is 0. The lowest BCUT2D eigenvalue weighted by molar-refractivity contribution is -0.121. The molecule has 0 heterocycles. The minimum atomic E-state index is -0.0384. The lowest BCUT2D eigenvalue weighted by atomic mass is 10.1. The van der Waals surface area contributed by atoms with E-state index in [0.29, 0.717) is 6.42 Å². The second-order valence-corrected chi connectivity index (χ2v) is 7.80. The van der Waals surface area contributed by atoms with E-state index in [-0.39, 0.29) is 17.7 Å². The summed E-state index contributed by atoms with van der Waals surface area (Å²) in [4.78, 5) is 23.9. The number of hydrogen-bond acceptors (Lipinski definition) is 3. The van der Waals surface area contributed by atoms with Crippen LogP contribution in [0.15, 0.2) is 29.4 Å². The van der Waals surface area contributed by atoms with Gasteiger partial charge in [0.25, 0.3) is 0 Å². The van der Waals surface area contributed by atoms with Gasteiger partial charge in [0, 0.05) is 18.0 Å². The van der Waals surface area contributed by atoms with Crippen molar-refractivity contribution in [2.45, 2.75) is 84.5 Å². The summed E-state index contributed by atoms with van der Waals surface area (Å²) < 4.78 is 0. The van der Waals surface area contributed by atoms with E-state index in [1.807, 2.05) is 31.2 Å². The number of hydrogen-bond donors (Lipinski definition) is 2. The van der Waals surface area contributed by atoms with Crippen LogP contribution in [0.3, 0.4) is 0 Å². The molecule has 154 valence electrons. The monoisotopic (exact) mass is 385 g/mol. The van der Waals surface area contributed by atoms with Gasteiger partial charge in [-0.3, -0.25) is 9.59 Å². The number of benzene rings is 1. The Morgan fingerprint density at radius 3 is 2.39 bits per heavy atom. The Morgan fingerprint density at radius 1 is 1.04 bits per heavy atom. The molecule has 2 amide bonds. The number of anilines is 1. The Bertz CT molecular complexity index is 666. The minimum Gasteiger partial charge on any atom is -0.326 e. The van der Waals surface area contributed by atoms with E-state index in [1.54, 1.807) is 0 Å². The van der Waals surface area contributed by atoms with Gasteiger partial charge in [-0.2, -0.15) is 5.10 Å². The van der Waals surface area contributed by atoms with Crippen LogP contribution in [0.25, 0.3) is 0 Å². The van der Waals surface area contributed by atoms with Crippen LogP contribution in [0, 0.1) is 5.92 Å². The smallest absolute Gasteiger partial charge is 0.240 e. The van der Waals surface area contributed by atoms with Crippen molar-refractivity contribution in [3.63, 3.8) is 0 Å². The highest BCUT2D eigenvalue weighted by Crippen LogP contribution is 2.30. The molecule has 0 aromatic heterocycles. The number of amides is 2.